The molecule has 1 aliphatic heterocycles. The highest BCUT2D eigenvalue weighted by Crippen LogP contribution is 2.20. The van der Waals surface area contributed by atoms with Gasteiger partial charge in [0.1, 0.15) is 6.23 Å². The van der Waals surface area contributed by atoms with Crippen molar-refractivity contribution in [3.05, 3.63) is 0 Å². The van der Waals surface area contributed by atoms with Crippen molar-refractivity contribution in [3.8, 4) is 12.3 Å². The highest BCUT2D eigenvalue weighted by molar-refractivity contribution is 7.86. The molecule has 1 rings (SSSR count). The molecule has 0 spiro atoms. The van der Waals surface area contributed by atoms with Crippen LogP contribution in [0.5, 0.6) is 0 Å². The van der Waals surface area contributed by atoms with Gasteiger partial charge in [-0.2, -0.15) is 8.42 Å². The molecule has 1 saturated heterocycles. The number of hydrogen-bond donors (Lipinski definition) is 1. The van der Waals surface area contributed by atoms with E-state index >= 15 is 0 Å². The van der Waals surface area contributed by atoms with Crippen LogP contribution >= 0.6 is 0 Å². The lowest BCUT2D eigenvalue weighted by molar-refractivity contribution is -0.122. The summed E-state index contributed by atoms with van der Waals surface area (Å²) in [5.41, 5.74) is 0. The van der Waals surface area contributed by atoms with Crippen LogP contribution in [0.3, 0.4) is 0 Å². The third-order valence-corrected chi connectivity index (χ3v) is 2.41. The first-order valence-electron chi connectivity index (χ1n) is 4.04. The van der Waals surface area contributed by atoms with Gasteiger partial charge in [0.05, 0.1) is 12.2 Å². The fourth-order valence-electron chi connectivity index (χ4n) is 1.29. The largest absolute Gasteiger partial charge is 0.329 e. The van der Waals surface area contributed by atoms with Gasteiger partial charge in [0.15, 0.2) is 0 Å². The van der Waals surface area contributed by atoms with Gasteiger partial charge < -0.3 is 5.32 Å². The van der Waals surface area contributed by atoms with E-state index in [0.29, 0.717) is 12.8 Å². The van der Waals surface area contributed by atoms with Crippen molar-refractivity contribution in [3.63, 3.8) is 0 Å². The number of amides is 1. The number of carbonyl (C=O) groups is 1. The summed E-state index contributed by atoms with van der Waals surface area (Å²) in [7, 11) is -3.54. The summed E-state index contributed by atoms with van der Waals surface area (Å²) in [5.74, 6) is 1.76. The molecule has 0 unspecified atom stereocenters. The van der Waals surface area contributed by atoms with E-state index in [9.17, 15) is 13.2 Å². The van der Waals surface area contributed by atoms with Gasteiger partial charge in [0, 0.05) is 12.8 Å². The van der Waals surface area contributed by atoms with Crippen LogP contribution in [0, 0.1) is 18.3 Å². The lowest BCUT2D eigenvalue weighted by atomic mass is 10.0. The number of terminal acetylenes is 1. The van der Waals surface area contributed by atoms with Crippen molar-refractivity contribution in [1.29, 1.82) is 0 Å². The molecule has 6 heteroatoms. The molecular weight excluding hydrogens is 206 g/mol. The molecule has 0 aromatic heterocycles. The van der Waals surface area contributed by atoms with Crippen molar-refractivity contribution in [2.24, 2.45) is 5.92 Å². The van der Waals surface area contributed by atoms with E-state index in [0.717, 1.165) is 6.26 Å². The van der Waals surface area contributed by atoms with Crippen molar-refractivity contribution in [1.82, 2.24) is 5.32 Å². The first-order chi connectivity index (χ1) is 6.42. The minimum absolute atomic E-state index is 0.253. The second-order valence-electron chi connectivity index (χ2n) is 3.14. The van der Waals surface area contributed by atoms with Gasteiger partial charge in [-0.05, 0) is 0 Å². The SMILES string of the molecule is C#CC[C@H]1C[C@H](OS(C)(=O)=O)NC1=O. The highest BCUT2D eigenvalue weighted by atomic mass is 32.2. The summed E-state index contributed by atoms with van der Waals surface area (Å²) in [6.07, 6.45) is 5.83. The average molecular weight is 217 g/mol. The summed E-state index contributed by atoms with van der Waals surface area (Å²) in [6, 6.07) is 0. The van der Waals surface area contributed by atoms with Crippen LogP contribution in [0.25, 0.3) is 0 Å². The molecule has 14 heavy (non-hydrogen) atoms. The molecule has 0 bridgehead atoms. The lowest BCUT2D eigenvalue weighted by Crippen LogP contribution is -2.30. The zero-order valence-corrected chi connectivity index (χ0v) is 8.50. The molecule has 1 amide bonds. The van der Waals surface area contributed by atoms with Crippen LogP contribution in [0.4, 0.5) is 0 Å². The molecule has 5 nitrogen and oxygen atoms in total. The maximum absolute atomic E-state index is 11.2. The van der Waals surface area contributed by atoms with Gasteiger partial charge in [0.2, 0.25) is 5.91 Å². The zero-order chi connectivity index (χ0) is 10.8. The second kappa shape index (κ2) is 3.98. The summed E-state index contributed by atoms with van der Waals surface area (Å²) < 4.78 is 26.1. The number of nitrogens with one attached hydrogen (secondary N) is 1. The van der Waals surface area contributed by atoms with Crippen LogP contribution in [-0.4, -0.2) is 26.8 Å². The average Bonchev–Trinajstić information content (AvgIpc) is 2.28. The van der Waals surface area contributed by atoms with Crippen LogP contribution in [0.2, 0.25) is 0 Å². The van der Waals surface area contributed by atoms with E-state index in [-0.39, 0.29) is 11.8 Å². The molecule has 1 heterocycles. The zero-order valence-electron chi connectivity index (χ0n) is 7.69. The first-order valence-corrected chi connectivity index (χ1v) is 5.86. The van der Waals surface area contributed by atoms with E-state index in [4.69, 9.17) is 6.42 Å². The lowest BCUT2D eigenvalue weighted by Gasteiger charge is -2.07. The Morgan fingerprint density at radius 3 is 2.86 bits per heavy atom. The molecule has 0 aliphatic carbocycles. The summed E-state index contributed by atoms with van der Waals surface area (Å²) in [6.45, 7) is 0. The van der Waals surface area contributed by atoms with Gasteiger partial charge in [-0.3, -0.25) is 4.79 Å². The number of hydrogen-bond acceptors (Lipinski definition) is 4. The summed E-state index contributed by atoms with van der Waals surface area (Å²) in [5, 5.41) is 2.41. The molecule has 0 aromatic rings. The molecule has 1 aliphatic rings. The standard InChI is InChI=1S/C8H11NO4S/c1-3-4-6-5-7(9-8(6)10)13-14(2,11)12/h1,6-7H,4-5H2,2H3,(H,9,10)/t6-,7-/m0/s1. The van der Waals surface area contributed by atoms with Gasteiger partial charge >= 0.3 is 0 Å². The fourth-order valence-corrected chi connectivity index (χ4v) is 1.84. The Morgan fingerprint density at radius 2 is 2.36 bits per heavy atom. The summed E-state index contributed by atoms with van der Waals surface area (Å²) >= 11 is 0. The van der Waals surface area contributed by atoms with Crippen LogP contribution in [-0.2, 0) is 19.1 Å². The van der Waals surface area contributed by atoms with Crippen molar-refractivity contribution < 1.29 is 17.4 Å². The number of rotatable bonds is 3. The molecule has 0 aromatic carbocycles. The molecule has 2 atom stereocenters. The molecule has 0 radical (unpaired) electrons. The first kappa shape index (κ1) is 11.0. The Hall–Kier alpha value is -1.06. The van der Waals surface area contributed by atoms with Gasteiger partial charge in [-0.15, -0.1) is 12.3 Å². The predicted molar refractivity (Wildman–Crippen MR) is 49.4 cm³/mol. The van der Waals surface area contributed by atoms with Gasteiger partial charge in [0.25, 0.3) is 10.1 Å². The highest BCUT2D eigenvalue weighted by Gasteiger charge is 2.33. The maximum atomic E-state index is 11.2. The molecular formula is C8H11NO4S. The smallest absolute Gasteiger partial charge is 0.266 e. The molecule has 1 N–H and O–H groups in total. The Kier molecular flexibility index (Phi) is 3.13. The normalized spacial score (nSPS) is 27.0. The Balaban J connectivity index is 2.56. The monoisotopic (exact) mass is 217 g/mol. The van der Waals surface area contributed by atoms with Gasteiger partial charge in [-0.25, -0.2) is 4.18 Å². The van der Waals surface area contributed by atoms with Gasteiger partial charge in [-0.1, -0.05) is 0 Å². The van der Waals surface area contributed by atoms with Crippen molar-refractivity contribution in [2.45, 2.75) is 19.1 Å². The Labute approximate surface area is 82.9 Å². The van der Waals surface area contributed by atoms with E-state index in [2.05, 4.69) is 15.4 Å². The predicted octanol–water partition coefficient (Wildman–Crippen LogP) is -0.552. The third-order valence-electron chi connectivity index (χ3n) is 1.83. The number of carbonyl (C=O) groups excluding carboxylic acids is 1. The molecule has 0 saturated carbocycles. The minimum Gasteiger partial charge on any atom is -0.329 e. The quantitative estimate of drug-likeness (QED) is 0.508. The fraction of sp³-hybridized carbons (Fsp3) is 0.625. The topological polar surface area (TPSA) is 72.5 Å². The Bertz CT molecular complexity index is 367. The second-order valence-corrected chi connectivity index (χ2v) is 4.74. The Morgan fingerprint density at radius 1 is 1.71 bits per heavy atom. The van der Waals surface area contributed by atoms with E-state index in [1.807, 2.05) is 0 Å². The molecule has 1 fully saturated rings. The van der Waals surface area contributed by atoms with E-state index in [1.54, 1.807) is 0 Å². The van der Waals surface area contributed by atoms with Crippen molar-refractivity contribution in [2.75, 3.05) is 6.26 Å². The van der Waals surface area contributed by atoms with Crippen LogP contribution in [0.15, 0.2) is 0 Å². The van der Waals surface area contributed by atoms with Crippen LogP contribution < -0.4 is 5.32 Å². The summed E-state index contributed by atoms with van der Waals surface area (Å²) in [4.78, 5) is 11.2. The van der Waals surface area contributed by atoms with E-state index < -0.39 is 16.3 Å². The minimum atomic E-state index is -3.54. The van der Waals surface area contributed by atoms with E-state index in [1.165, 1.54) is 0 Å². The van der Waals surface area contributed by atoms with Crippen LogP contribution in [0.1, 0.15) is 12.8 Å². The third kappa shape index (κ3) is 3.01. The molecule has 78 valence electrons. The maximum Gasteiger partial charge on any atom is 0.266 e. The van der Waals surface area contributed by atoms with Crippen molar-refractivity contribution >= 4 is 16.0 Å².